The summed E-state index contributed by atoms with van der Waals surface area (Å²) in [5, 5.41) is 10.5. The van der Waals surface area contributed by atoms with Crippen LogP contribution in [0.2, 0.25) is 0 Å². The number of unbranched alkanes of at least 4 members (excludes halogenated alkanes) is 1. The first kappa shape index (κ1) is 17.9. The number of hydrogen-bond donors (Lipinski definition) is 3. The lowest BCUT2D eigenvalue weighted by Gasteiger charge is -2.16. The van der Waals surface area contributed by atoms with Gasteiger partial charge in [-0.05, 0) is 29.7 Å². The van der Waals surface area contributed by atoms with Crippen molar-refractivity contribution in [1.29, 1.82) is 0 Å². The molecule has 0 bridgehead atoms. The summed E-state index contributed by atoms with van der Waals surface area (Å²) in [6.45, 7) is 4.72. The van der Waals surface area contributed by atoms with Gasteiger partial charge in [-0.25, -0.2) is 4.79 Å². The lowest BCUT2D eigenvalue weighted by atomic mass is 10.00. The normalized spacial score (nSPS) is 11.9. The predicted octanol–water partition coefficient (Wildman–Crippen LogP) is 3.12. The highest BCUT2D eigenvalue weighted by atomic mass is 16.2. The first-order valence-corrected chi connectivity index (χ1v) is 8.40. The Morgan fingerprint density at radius 3 is 2.62 bits per heavy atom. The van der Waals surface area contributed by atoms with Gasteiger partial charge in [0.25, 0.3) is 0 Å². The van der Waals surface area contributed by atoms with Crippen LogP contribution in [0.4, 0.5) is 4.79 Å². The summed E-state index contributed by atoms with van der Waals surface area (Å²) in [5.41, 5.74) is 1.13. The van der Waals surface area contributed by atoms with Crippen molar-refractivity contribution in [3.8, 4) is 0 Å². The van der Waals surface area contributed by atoms with Gasteiger partial charge in [-0.1, -0.05) is 55.8 Å². The molecule has 128 valence electrons. The van der Waals surface area contributed by atoms with Gasteiger partial charge in [-0.2, -0.15) is 0 Å². The standard InChI is InChI=1S/C19H25N3O2/c1-3-4-12-20-19(24)22-18(23)13-21-14(2)16-11-7-9-15-8-5-6-10-17(15)16/h5-11,14,21H,3-4,12-13H2,1-2H3,(H2,20,22,23,24)/t14-/m0/s1. The van der Waals surface area contributed by atoms with Gasteiger partial charge in [0.1, 0.15) is 0 Å². The average molecular weight is 327 g/mol. The van der Waals surface area contributed by atoms with Crippen LogP contribution in [-0.2, 0) is 4.79 Å². The fourth-order valence-corrected chi connectivity index (χ4v) is 2.58. The molecule has 0 aliphatic heterocycles. The molecule has 0 heterocycles. The van der Waals surface area contributed by atoms with E-state index in [1.54, 1.807) is 0 Å². The Labute approximate surface area is 142 Å². The number of fused-ring (bicyclic) bond motifs is 1. The molecule has 0 saturated heterocycles. The average Bonchev–Trinajstić information content (AvgIpc) is 2.59. The Bertz CT molecular complexity index is 695. The fraction of sp³-hybridized carbons (Fsp3) is 0.368. The van der Waals surface area contributed by atoms with E-state index in [0.29, 0.717) is 6.54 Å². The quantitative estimate of drug-likeness (QED) is 0.684. The van der Waals surface area contributed by atoms with E-state index in [-0.39, 0.29) is 18.5 Å². The number of rotatable bonds is 7. The van der Waals surface area contributed by atoms with Crippen molar-refractivity contribution >= 4 is 22.7 Å². The van der Waals surface area contributed by atoms with Crippen LogP contribution in [0.15, 0.2) is 42.5 Å². The second-order valence-corrected chi connectivity index (χ2v) is 5.83. The molecule has 3 amide bonds. The molecule has 2 rings (SSSR count). The van der Waals surface area contributed by atoms with Gasteiger partial charge in [-0.15, -0.1) is 0 Å². The van der Waals surface area contributed by atoms with Crippen molar-refractivity contribution in [2.24, 2.45) is 0 Å². The molecular formula is C19H25N3O2. The lowest BCUT2D eigenvalue weighted by Crippen LogP contribution is -2.44. The van der Waals surface area contributed by atoms with E-state index >= 15 is 0 Å². The van der Waals surface area contributed by atoms with Crippen LogP contribution < -0.4 is 16.0 Å². The summed E-state index contributed by atoms with van der Waals surface area (Å²) in [6.07, 6.45) is 1.90. The molecule has 0 unspecified atom stereocenters. The maximum atomic E-state index is 11.9. The fourth-order valence-electron chi connectivity index (χ4n) is 2.58. The van der Waals surface area contributed by atoms with Crippen LogP contribution in [0, 0.1) is 0 Å². The number of amides is 3. The summed E-state index contributed by atoms with van der Waals surface area (Å²) in [5.74, 6) is -0.337. The van der Waals surface area contributed by atoms with Crippen LogP contribution >= 0.6 is 0 Å². The Hall–Kier alpha value is -2.40. The molecule has 1 atom stereocenters. The number of urea groups is 1. The van der Waals surface area contributed by atoms with Gasteiger partial charge in [0.15, 0.2) is 0 Å². The number of imide groups is 1. The molecule has 5 nitrogen and oxygen atoms in total. The molecule has 0 radical (unpaired) electrons. The van der Waals surface area contributed by atoms with Gasteiger partial charge in [0.05, 0.1) is 6.54 Å². The van der Waals surface area contributed by atoms with Crippen molar-refractivity contribution in [2.75, 3.05) is 13.1 Å². The summed E-state index contributed by atoms with van der Waals surface area (Å²) in [4.78, 5) is 23.4. The zero-order chi connectivity index (χ0) is 17.4. The highest BCUT2D eigenvalue weighted by Crippen LogP contribution is 2.23. The van der Waals surface area contributed by atoms with E-state index in [4.69, 9.17) is 0 Å². The highest BCUT2D eigenvalue weighted by molar-refractivity contribution is 5.95. The molecule has 2 aromatic carbocycles. The van der Waals surface area contributed by atoms with Gasteiger partial charge in [0, 0.05) is 12.6 Å². The topological polar surface area (TPSA) is 70.2 Å². The first-order valence-electron chi connectivity index (χ1n) is 8.40. The van der Waals surface area contributed by atoms with E-state index in [0.717, 1.165) is 23.8 Å². The zero-order valence-electron chi connectivity index (χ0n) is 14.3. The third-order valence-corrected chi connectivity index (χ3v) is 3.93. The molecule has 0 saturated carbocycles. The molecule has 5 heteroatoms. The maximum Gasteiger partial charge on any atom is 0.321 e. The van der Waals surface area contributed by atoms with Crippen molar-refractivity contribution in [1.82, 2.24) is 16.0 Å². The van der Waals surface area contributed by atoms with E-state index in [2.05, 4.69) is 40.2 Å². The van der Waals surface area contributed by atoms with E-state index < -0.39 is 6.03 Å². The Morgan fingerprint density at radius 1 is 1.08 bits per heavy atom. The smallest absolute Gasteiger partial charge is 0.321 e. The lowest BCUT2D eigenvalue weighted by molar-refractivity contribution is -0.119. The van der Waals surface area contributed by atoms with Gasteiger partial charge < -0.3 is 10.6 Å². The third-order valence-electron chi connectivity index (χ3n) is 3.93. The highest BCUT2D eigenvalue weighted by Gasteiger charge is 2.12. The number of nitrogens with one attached hydrogen (secondary N) is 3. The third kappa shape index (κ3) is 5.06. The Balaban J connectivity index is 1.87. The molecule has 0 aliphatic rings. The first-order chi connectivity index (χ1) is 11.6. The number of hydrogen-bond acceptors (Lipinski definition) is 3. The van der Waals surface area contributed by atoms with Gasteiger partial charge in [0.2, 0.25) is 5.91 Å². The minimum absolute atomic E-state index is 0.00463. The minimum Gasteiger partial charge on any atom is -0.338 e. The second kappa shape index (κ2) is 9.03. The monoisotopic (exact) mass is 327 g/mol. The second-order valence-electron chi connectivity index (χ2n) is 5.83. The van der Waals surface area contributed by atoms with Gasteiger partial charge in [-0.3, -0.25) is 10.1 Å². The summed E-state index contributed by atoms with van der Waals surface area (Å²) < 4.78 is 0. The summed E-state index contributed by atoms with van der Waals surface area (Å²) in [7, 11) is 0. The van der Waals surface area contributed by atoms with E-state index in [1.165, 1.54) is 5.39 Å². The molecule has 0 aromatic heterocycles. The van der Waals surface area contributed by atoms with Crippen LogP contribution in [0.25, 0.3) is 10.8 Å². The van der Waals surface area contributed by atoms with E-state index in [1.807, 2.05) is 32.0 Å². The Morgan fingerprint density at radius 2 is 1.83 bits per heavy atom. The van der Waals surface area contributed by atoms with Gasteiger partial charge >= 0.3 is 6.03 Å². The van der Waals surface area contributed by atoms with Crippen LogP contribution in [0.1, 0.15) is 38.3 Å². The summed E-state index contributed by atoms with van der Waals surface area (Å²) >= 11 is 0. The van der Waals surface area contributed by atoms with Crippen LogP contribution in [0.3, 0.4) is 0 Å². The van der Waals surface area contributed by atoms with Crippen molar-refractivity contribution in [3.05, 3.63) is 48.0 Å². The molecule has 0 aliphatic carbocycles. The molecule has 2 aromatic rings. The Kier molecular flexibility index (Phi) is 6.75. The van der Waals surface area contributed by atoms with Crippen molar-refractivity contribution in [2.45, 2.75) is 32.7 Å². The number of carbonyl (C=O) groups is 2. The molecule has 0 spiro atoms. The molecule has 0 fully saturated rings. The maximum absolute atomic E-state index is 11.9. The minimum atomic E-state index is -0.437. The van der Waals surface area contributed by atoms with Crippen LogP contribution in [0.5, 0.6) is 0 Å². The van der Waals surface area contributed by atoms with Crippen molar-refractivity contribution in [3.63, 3.8) is 0 Å². The SMILES string of the molecule is CCCCNC(=O)NC(=O)CN[C@@H](C)c1cccc2ccccc12. The molecule has 24 heavy (non-hydrogen) atoms. The van der Waals surface area contributed by atoms with Crippen LogP contribution in [-0.4, -0.2) is 25.0 Å². The van der Waals surface area contributed by atoms with E-state index in [9.17, 15) is 9.59 Å². The zero-order valence-corrected chi connectivity index (χ0v) is 14.3. The molecule has 3 N–H and O–H groups in total. The predicted molar refractivity (Wildman–Crippen MR) is 96.8 cm³/mol. The number of benzene rings is 2. The van der Waals surface area contributed by atoms with Crippen molar-refractivity contribution < 1.29 is 9.59 Å². The largest absolute Gasteiger partial charge is 0.338 e. The summed E-state index contributed by atoms with van der Waals surface area (Å²) in [6, 6.07) is 13.9. The molecular weight excluding hydrogens is 302 g/mol. The number of carbonyl (C=O) groups excluding carboxylic acids is 2.